The summed E-state index contributed by atoms with van der Waals surface area (Å²) in [5.74, 6) is 0. The Morgan fingerprint density at radius 3 is 2.37 bits per heavy atom. The van der Waals surface area contributed by atoms with Gasteiger partial charge in [0.2, 0.25) is 0 Å². The number of fused-ring (bicyclic) bond motifs is 1. The Morgan fingerprint density at radius 2 is 1.67 bits per heavy atom. The van der Waals surface area contributed by atoms with E-state index in [2.05, 4.69) is 31.4 Å². The van der Waals surface area contributed by atoms with Crippen molar-refractivity contribution in [1.82, 2.24) is 9.38 Å². The Bertz CT molecular complexity index is 1200. The molecule has 0 aliphatic carbocycles. The van der Waals surface area contributed by atoms with Crippen LogP contribution in [0.15, 0.2) is 73.1 Å². The maximum absolute atomic E-state index is 12.6. The van der Waals surface area contributed by atoms with E-state index in [1.807, 2.05) is 84.4 Å². The number of hydrogen-bond donors (Lipinski definition) is 2. The molecule has 0 spiro atoms. The molecule has 0 radical (unpaired) electrons. The first-order valence-corrected chi connectivity index (χ1v) is 10.0. The lowest BCUT2D eigenvalue weighted by Crippen LogP contribution is -2.20. The number of carbonyl (C=O) groups is 1. The molecule has 2 amide bonds. The van der Waals surface area contributed by atoms with Crippen molar-refractivity contribution in [2.45, 2.75) is 33.1 Å². The first-order valence-electron chi connectivity index (χ1n) is 10.0. The molecule has 0 atom stereocenters. The van der Waals surface area contributed by atoms with Gasteiger partial charge < -0.3 is 15.0 Å². The van der Waals surface area contributed by atoms with Gasteiger partial charge in [-0.25, -0.2) is 9.78 Å². The van der Waals surface area contributed by atoms with Crippen molar-refractivity contribution < 1.29 is 4.79 Å². The van der Waals surface area contributed by atoms with Crippen molar-refractivity contribution in [1.29, 1.82) is 0 Å². The van der Waals surface area contributed by atoms with Crippen LogP contribution < -0.4 is 10.6 Å². The quantitative estimate of drug-likeness (QED) is 0.428. The Kier molecular flexibility index (Phi) is 5.04. The number of benzene rings is 2. The van der Waals surface area contributed by atoms with Crippen LogP contribution in [-0.4, -0.2) is 15.4 Å². The van der Waals surface area contributed by atoms with Gasteiger partial charge in [0.25, 0.3) is 0 Å². The van der Waals surface area contributed by atoms with Gasteiger partial charge in [0.15, 0.2) is 0 Å². The van der Waals surface area contributed by atoms with Crippen LogP contribution in [0.2, 0.25) is 0 Å². The minimum atomic E-state index is -0.286. The van der Waals surface area contributed by atoms with Crippen LogP contribution in [0.3, 0.4) is 0 Å². The average molecular weight is 399 g/mol. The fourth-order valence-electron chi connectivity index (χ4n) is 3.44. The summed E-state index contributed by atoms with van der Waals surface area (Å²) in [6.07, 6.45) is 3.95. The molecule has 2 aromatic carbocycles. The maximum atomic E-state index is 12.6. The van der Waals surface area contributed by atoms with Gasteiger partial charge in [-0.15, -0.1) is 0 Å². The van der Waals surface area contributed by atoms with Crippen LogP contribution in [0.5, 0.6) is 0 Å². The lowest BCUT2D eigenvalue weighted by Gasteiger charge is -2.19. The van der Waals surface area contributed by atoms with E-state index in [1.165, 1.54) is 5.56 Å². The van der Waals surface area contributed by atoms with Crippen molar-refractivity contribution in [2.75, 3.05) is 10.6 Å². The van der Waals surface area contributed by atoms with Crippen molar-refractivity contribution >= 4 is 23.1 Å². The summed E-state index contributed by atoms with van der Waals surface area (Å²) in [4.78, 5) is 17.4. The fourth-order valence-corrected chi connectivity index (χ4v) is 3.44. The summed E-state index contributed by atoms with van der Waals surface area (Å²) in [6.45, 7) is 8.54. The minimum Gasteiger partial charge on any atom is -0.308 e. The molecule has 0 unspecified atom stereocenters. The molecule has 5 heteroatoms. The normalized spacial score (nSPS) is 11.5. The molecule has 4 rings (SSSR count). The maximum Gasteiger partial charge on any atom is 0.323 e. The average Bonchev–Trinajstić information content (AvgIpc) is 3.13. The molecule has 30 heavy (non-hydrogen) atoms. The number of amides is 2. The third kappa shape index (κ3) is 4.06. The number of pyridine rings is 1. The van der Waals surface area contributed by atoms with E-state index in [4.69, 9.17) is 4.98 Å². The molecular formula is C25H26N4O. The number of nitrogens with one attached hydrogen (secondary N) is 2. The van der Waals surface area contributed by atoms with Crippen LogP contribution in [0, 0.1) is 6.92 Å². The molecule has 0 bridgehead atoms. The standard InChI is InChI=1S/C25H26N4O/c1-17-8-7-15-29-16-22(27-23(17)29)20-9-5-6-10-21(20)28-24(30)26-19-13-11-18(12-14-19)25(2,3)4/h5-16H,1-4H3,(H2,26,28,30). The zero-order valence-electron chi connectivity index (χ0n) is 17.7. The van der Waals surface area contributed by atoms with E-state index in [-0.39, 0.29) is 11.4 Å². The number of aryl methyl sites for hydroxylation is 1. The molecule has 2 heterocycles. The minimum absolute atomic E-state index is 0.0756. The fraction of sp³-hybridized carbons (Fsp3) is 0.200. The number of rotatable bonds is 3. The second-order valence-electron chi connectivity index (χ2n) is 8.50. The molecular weight excluding hydrogens is 372 g/mol. The van der Waals surface area contributed by atoms with Crippen LogP contribution >= 0.6 is 0 Å². The largest absolute Gasteiger partial charge is 0.323 e. The van der Waals surface area contributed by atoms with Gasteiger partial charge in [-0.2, -0.15) is 0 Å². The third-order valence-corrected chi connectivity index (χ3v) is 5.14. The number of aromatic nitrogens is 2. The zero-order valence-corrected chi connectivity index (χ0v) is 17.7. The number of hydrogen-bond acceptors (Lipinski definition) is 2. The topological polar surface area (TPSA) is 58.4 Å². The van der Waals surface area contributed by atoms with E-state index < -0.39 is 0 Å². The molecule has 2 N–H and O–H groups in total. The van der Waals surface area contributed by atoms with Gasteiger partial charge in [-0.3, -0.25) is 0 Å². The smallest absolute Gasteiger partial charge is 0.308 e. The highest BCUT2D eigenvalue weighted by atomic mass is 16.2. The number of nitrogens with zero attached hydrogens (tertiary/aromatic N) is 2. The van der Waals surface area contributed by atoms with Gasteiger partial charge in [-0.05, 0) is 47.7 Å². The number of para-hydroxylation sites is 1. The van der Waals surface area contributed by atoms with Crippen molar-refractivity contribution in [2.24, 2.45) is 0 Å². The summed E-state index contributed by atoms with van der Waals surface area (Å²) in [6, 6.07) is 19.4. The van der Waals surface area contributed by atoms with Crippen molar-refractivity contribution in [3.05, 3.63) is 84.2 Å². The number of urea groups is 1. The lowest BCUT2D eigenvalue weighted by atomic mass is 9.87. The van der Waals surface area contributed by atoms with Crippen LogP contribution in [0.4, 0.5) is 16.2 Å². The van der Waals surface area contributed by atoms with E-state index in [0.29, 0.717) is 5.69 Å². The molecule has 2 aromatic heterocycles. The van der Waals surface area contributed by atoms with Gasteiger partial charge in [0, 0.05) is 23.6 Å². The van der Waals surface area contributed by atoms with Gasteiger partial charge >= 0.3 is 6.03 Å². The van der Waals surface area contributed by atoms with Crippen LogP contribution in [0.25, 0.3) is 16.9 Å². The van der Waals surface area contributed by atoms with E-state index >= 15 is 0 Å². The van der Waals surface area contributed by atoms with E-state index in [0.717, 1.165) is 28.2 Å². The molecule has 0 saturated carbocycles. The summed E-state index contributed by atoms with van der Waals surface area (Å²) in [5, 5.41) is 5.87. The first kappa shape index (κ1) is 19.7. The Labute approximate surface area is 176 Å². The van der Waals surface area contributed by atoms with Gasteiger partial charge in [-0.1, -0.05) is 57.2 Å². The second kappa shape index (κ2) is 7.67. The Balaban J connectivity index is 1.55. The van der Waals surface area contributed by atoms with Gasteiger partial charge in [0.05, 0.1) is 11.4 Å². The van der Waals surface area contributed by atoms with Crippen molar-refractivity contribution in [3.63, 3.8) is 0 Å². The highest BCUT2D eigenvalue weighted by molar-refractivity contribution is 6.02. The van der Waals surface area contributed by atoms with Crippen LogP contribution in [-0.2, 0) is 5.41 Å². The second-order valence-corrected chi connectivity index (χ2v) is 8.50. The lowest BCUT2D eigenvalue weighted by molar-refractivity contribution is 0.262. The third-order valence-electron chi connectivity index (χ3n) is 5.14. The first-order chi connectivity index (χ1) is 14.3. The predicted molar refractivity (Wildman–Crippen MR) is 123 cm³/mol. The Hall–Kier alpha value is -3.60. The molecule has 4 aromatic rings. The van der Waals surface area contributed by atoms with Crippen molar-refractivity contribution in [3.8, 4) is 11.3 Å². The molecule has 5 nitrogen and oxygen atoms in total. The molecule has 0 aliphatic heterocycles. The van der Waals surface area contributed by atoms with Crippen LogP contribution in [0.1, 0.15) is 31.9 Å². The highest BCUT2D eigenvalue weighted by Crippen LogP contribution is 2.28. The highest BCUT2D eigenvalue weighted by Gasteiger charge is 2.14. The Morgan fingerprint density at radius 1 is 0.933 bits per heavy atom. The summed E-state index contributed by atoms with van der Waals surface area (Å²) >= 11 is 0. The van der Waals surface area contributed by atoms with E-state index in [9.17, 15) is 4.79 Å². The predicted octanol–water partition coefficient (Wildman–Crippen LogP) is 6.25. The SMILES string of the molecule is Cc1cccn2cc(-c3ccccc3NC(=O)Nc3ccc(C(C)(C)C)cc3)nc12. The van der Waals surface area contributed by atoms with E-state index in [1.54, 1.807) is 0 Å². The molecule has 152 valence electrons. The number of carbonyl (C=O) groups excluding carboxylic acids is 1. The monoisotopic (exact) mass is 398 g/mol. The summed E-state index contributed by atoms with van der Waals surface area (Å²) in [5.41, 5.74) is 6.46. The number of imidazole rings is 1. The molecule has 0 saturated heterocycles. The summed E-state index contributed by atoms with van der Waals surface area (Å²) in [7, 11) is 0. The van der Waals surface area contributed by atoms with Gasteiger partial charge in [0.1, 0.15) is 5.65 Å². The summed E-state index contributed by atoms with van der Waals surface area (Å²) < 4.78 is 2.00. The number of anilines is 2. The molecule has 0 aliphatic rings. The zero-order chi connectivity index (χ0) is 21.3. The molecule has 0 fully saturated rings.